The molecule has 1 atom stereocenters. The molecule has 3 saturated heterocycles. The Labute approximate surface area is 240 Å². The van der Waals surface area contributed by atoms with Gasteiger partial charge in [0.1, 0.15) is 0 Å². The molecule has 2 aromatic heterocycles. The molecule has 2 N–H and O–H groups in total. The van der Waals surface area contributed by atoms with Gasteiger partial charge in [0.05, 0.1) is 5.41 Å². The number of anilines is 1. The third-order valence-corrected chi connectivity index (χ3v) is 8.55. The number of amides is 1. The number of hydrogen-bond acceptors (Lipinski definition) is 8. The van der Waals surface area contributed by atoms with Gasteiger partial charge in [0.2, 0.25) is 11.9 Å². The van der Waals surface area contributed by atoms with Gasteiger partial charge in [-0.25, -0.2) is 19.6 Å². The molecule has 0 bridgehead atoms. The van der Waals surface area contributed by atoms with Crippen molar-refractivity contribution < 1.29 is 50.9 Å². The molecule has 17 heteroatoms. The topological polar surface area (TPSA) is 127 Å². The van der Waals surface area contributed by atoms with Crippen LogP contribution >= 0.6 is 11.3 Å². The summed E-state index contributed by atoms with van der Waals surface area (Å²) in [5.74, 6) is -4.42. The van der Waals surface area contributed by atoms with E-state index in [-0.39, 0.29) is 10.8 Å². The Bertz CT molecular complexity index is 1200. The molecule has 5 heterocycles. The quantitative estimate of drug-likeness (QED) is 0.491. The number of aromatic nitrogens is 2. The maximum atomic E-state index is 13.4. The highest BCUT2D eigenvalue weighted by Gasteiger charge is 2.65. The number of halogens is 6. The first-order valence-corrected chi connectivity index (χ1v) is 13.5. The van der Waals surface area contributed by atoms with E-state index in [9.17, 15) is 31.1 Å². The molecule has 0 radical (unpaired) electrons. The lowest BCUT2D eigenvalue weighted by Gasteiger charge is -2.46. The fraction of sp³-hybridized carbons (Fsp3) is 0.560. The largest absolute Gasteiger partial charge is 0.490 e. The van der Waals surface area contributed by atoms with Crippen LogP contribution in [0.5, 0.6) is 0 Å². The molecule has 42 heavy (non-hydrogen) atoms. The first-order chi connectivity index (χ1) is 19.5. The van der Waals surface area contributed by atoms with Gasteiger partial charge in [-0.05, 0) is 49.9 Å². The summed E-state index contributed by atoms with van der Waals surface area (Å²) in [5.41, 5.74) is -0.254. The standard InChI is InChI=1S/C21H27N5OS.2C2HF3O2/c1-24-10-7-21(18(24)27)16-26(19-22-8-3-9-23-19)15-20(21)5-11-25(12-6-20)14-17-4-2-13-28-17;2*3-2(4,5)1(6)7/h2-4,8-9,13H,5-7,10-12,14-16H2,1H3;2*(H,6,7). The van der Waals surface area contributed by atoms with Crippen LogP contribution in [0.3, 0.4) is 0 Å². The maximum absolute atomic E-state index is 13.4. The van der Waals surface area contributed by atoms with Crippen molar-refractivity contribution in [2.24, 2.45) is 10.8 Å². The van der Waals surface area contributed by atoms with Crippen LogP contribution in [0.15, 0.2) is 36.0 Å². The predicted molar refractivity (Wildman–Crippen MR) is 138 cm³/mol. The van der Waals surface area contributed by atoms with Gasteiger partial charge in [-0.3, -0.25) is 9.69 Å². The van der Waals surface area contributed by atoms with Gasteiger partial charge in [0, 0.05) is 55.9 Å². The minimum atomic E-state index is -5.08. The van der Waals surface area contributed by atoms with Crippen LogP contribution in [0.4, 0.5) is 32.3 Å². The lowest BCUT2D eigenvalue weighted by molar-refractivity contribution is -0.193. The number of rotatable bonds is 3. The van der Waals surface area contributed by atoms with Gasteiger partial charge >= 0.3 is 24.3 Å². The molecule has 5 rings (SSSR count). The number of carboxylic acid groups (broad SMARTS) is 2. The molecule has 0 aromatic carbocycles. The molecule has 3 aliphatic heterocycles. The Morgan fingerprint density at radius 3 is 1.90 bits per heavy atom. The van der Waals surface area contributed by atoms with Crippen LogP contribution in [0, 0.1) is 10.8 Å². The zero-order chi connectivity index (χ0) is 31.3. The average Bonchev–Trinajstić information content (AvgIpc) is 3.62. The molecule has 2 spiro atoms. The summed E-state index contributed by atoms with van der Waals surface area (Å²) in [6, 6.07) is 6.20. The molecule has 10 nitrogen and oxygen atoms in total. The number of carboxylic acids is 2. The molecule has 1 unspecified atom stereocenters. The number of fused-ring (bicyclic) bond motifs is 1. The summed E-state index contributed by atoms with van der Waals surface area (Å²) >= 11 is 1.83. The van der Waals surface area contributed by atoms with E-state index in [4.69, 9.17) is 19.8 Å². The van der Waals surface area contributed by atoms with Gasteiger partial charge in [0.15, 0.2) is 0 Å². The van der Waals surface area contributed by atoms with E-state index in [2.05, 4.69) is 37.3 Å². The smallest absolute Gasteiger partial charge is 0.475 e. The first kappa shape index (κ1) is 33.0. The SMILES string of the molecule is CN1CCC2(CN(c3ncccn3)CC23CCN(Cc2cccs2)CC3)C1=O.O=C(O)C(F)(F)F.O=C(O)C(F)(F)F. The highest BCUT2D eigenvalue weighted by Crippen LogP contribution is 2.58. The van der Waals surface area contributed by atoms with Crippen molar-refractivity contribution in [3.63, 3.8) is 0 Å². The van der Waals surface area contributed by atoms with Gasteiger partial charge < -0.3 is 20.0 Å². The number of alkyl halides is 6. The molecule has 0 saturated carbocycles. The van der Waals surface area contributed by atoms with Gasteiger partial charge in [0.25, 0.3) is 0 Å². The lowest BCUT2D eigenvalue weighted by atomic mass is 9.60. The van der Waals surface area contributed by atoms with Crippen LogP contribution in [-0.4, -0.2) is 100.0 Å². The van der Waals surface area contributed by atoms with Crippen molar-refractivity contribution in [2.45, 2.75) is 38.2 Å². The van der Waals surface area contributed by atoms with Gasteiger partial charge in [-0.2, -0.15) is 26.3 Å². The van der Waals surface area contributed by atoms with E-state index in [1.165, 1.54) is 4.88 Å². The normalized spacial score (nSPS) is 22.0. The minimum Gasteiger partial charge on any atom is -0.475 e. The number of piperidine rings is 1. The van der Waals surface area contributed by atoms with Crippen molar-refractivity contribution in [3.05, 3.63) is 40.8 Å². The first-order valence-electron chi connectivity index (χ1n) is 12.6. The second kappa shape index (κ2) is 12.8. The molecule has 3 fully saturated rings. The van der Waals surface area contributed by atoms with Crippen LogP contribution < -0.4 is 4.90 Å². The van der Waals surface area contributed by atoms with E-state index >= 15 is 0 Å². The van der Waals surface area contributed by atoms with Crippen LogP contribution in [-0.2, 0) is 20.9 Å². The Morgan fingerprint density at radius 1 is 0.929 bits per heavy atom. The molecule has 2 aromatic rings. The summed E-state index contributed by atoms with van der Waals surface area (Å²) in [4.78, 5) is 48.3. The average molecular weight is 626 g/mol. The predicted octanol–water partition coefficient (Wildman–Crippen LogP) is 3.76. The molecule has 232 valence electrons. The Balaban J connectivity index is 0.000000289. The number of nitrogens with zero attached hydrogens (tertiary/aromatic N) is 5. The summed E-state index contributed by atoms with van der Waals surface area (Å²) in [5, 5.41) is 16.4. The number of likely N-dealkylation sites (tertiary alicyclic amines) is 2. The van der Waals surface area contributed by atoms with Crippen molar-refractivity contribution >= 4 is 35.1 Å². The summed E-state index contributed by atoms with van der Waals surface area (Å²) in [6.45, 7) is 5.65. The van der Waals surface area contributed by atoms with Crippen LogP contribution in [0.25, 0.3) is 0 Å². The number of thiophene rings is 1. The van der Waals surface area contributed by atoms with Gasteiger partial charge in [-0.15, -0.1) is 11.3 Å². The second-order valence-electron chi connectivity index (χ2n) is 10.2. The third-order valence-electron chi connectivity index (χ3n) is 7.69. The summed E-state index contributed by atoms with van der Waals surface area (Å²) < 4.78 is 63.5. The Kier molecular flexibility index (Phi) is 10.1. The van der Waals surface area contributed by atoms with Crippen molar-refractivity contribution in [3.8, 4) is 0 Å². The number of carbonyl (C=O) groups is 3. The zero-order valence-corrected chi connectivity index (χ0v) is 23.2. The highest BCUT2D eigenvalue weighted by atomic mass is 32.1. The summed E-state index contributed by atoms with van der Waals surface area (Å²) in [7, 11) is 1.96. The Morgan fingerprint density at radius 2 is 1.48 bits per heavy atom. The fourth-order valence-corrected chi connectivity index (χ4v) is 6.38. The van der Waals surface area contributed by atoms with Gasteiger partial charge in [-0.1, -0.05) is 6.07 Å². The molecule has 0 aliphatic carbocycles. The third kappa shape index (κ3) is 7.48. The van der Waals surface area contributed by atoms with Crippen LogP contribution in [0.1, 0.15) is 24.1 Å². The number of aliphatic carboxylic acids is 2. The molecule has 1 amide bonds. The van der Waals surface area contributed by atoms with E-state index < -0.39 is 24.3 Å². The monoisotopic (exact) mass is 625 g/mol. The van der Waals surface area contributed by atoms with Crippen molar-refractivity contribution in [1.82, 2.24) is 19.8 Å². The Hall–Kier alpha value is -3.47. The van der Waals surface area contributed by atoms with Crippen molar-refractivity contribution in [1.29, 1.82) is 0 Å². The van der Waals surface area contributed by atoms with E-state index in [1.807, 2.05) is 29.4 Å². The maximum Gasteiger partial charge on any atom is 0.490 e. The number of hydrogen-bond donors (Lipinski definition) is 2. The highest BCUT2D eigenvalue weighted by molar-refractivity contribution is 7.09. The fourth-order valence-electron chi connectivity index (χ4n) is 5.63. The van der Waals surface area contributed by atoms with E-state index in [0.717, 1.165) is 64.5 Å². The number of carbonyl (C=O) groups excluding carboxylic acids is 1. The second-order valence-corrected chi connectivity index (χ2v) is 11.2. The molecular formula is C25H29F6N5O5S. The molecule has 3 aliphatic rings. The lowest BCUT2D eigenvalue weighted by Crippen LogP contribution is -2.52. The summed E-state index contributed by atoms with van der Waals surface area (Å²) in [6.07, 6.45) is -3.47. The van der Waals surface area contributed by atoms with Crippen LogP contribution in [0.2, 0.25) is 0 Å². The van der Waals surface area contributed by atoms with E-state index in [0.29, 0.717) is 5.91 Å². The van der Waals surface area contributed by atoms with E-state index in [1.54, 1.807) is 12.4 Å². The molecular weight excluding hydrogens is 596 g/mol. The minimum absolute atomic E-state index is 0.0278. The van der Waals surface area contributed by atoms with Crippen molar-refractivity contribution in [2.75, 3.05) is 44.7 Å². The zero-order valence-electron chi connectivity index (χ0n) is 22.4.